The van der Waals surface area contributed by atoms with E-state index in [4.69, 9.17) is 9.97 Å². The molecule has 1 fully saturated rings. The quantitative estimate of drug-likeness (QED) is 0.511. The van der Waals surface area contributed by atoms with Crippen LogP contribution in [0.4, 0.5) is 5.82 Å². The molecule has 0 N–H and O–H groups in total. The summed E-state index contributed by atoms with van der Waals surface area (Å²) >= 11 is 0. The zero-order valence-corrected chi connectivity index (χ0v) is 20.4. The molecule has 4 heteroatoms. The zero-order chi connectivity index (χ0) is 21.8. The largest absolute Gasteiger partial charge is 0.356 e. The summed E-state index contributed by atoms with van der Waals surface area (Å²) in [6, 6.07) is 0. The lowest BCUT2D eigenvalue weighted by atomic mass is 9.88. The van der Waals surface area contributed by atoms with Gasteiger partial charge < -0.3 is 4.90 Å². The SMILES string of the molecule is CC.CC.CCC.CCCc1nc2c(c(N3CCCCC3)n1)C=CC2.C[B]C. The number of nitrogens with zero attached hydrogens (tertiary/aromatic N) is 3. The lowest BCUT2D eigenvalue weighted by Crippen LogP contribution is -2.31. The lowest BCUT2D eigenvalue weighted by Gasteiger charge is -2.29. The maximum Gasteiger partial charge on any atom is 0.139 e. The van der Waals surface area contributed by atoms with Gasteiger partial charge in [-0.15, -0.1) is 0 Å². The minimum Gasteiger partial charge on any atom is -0.356 e. The van der Waals surface area contributed by atoms with Crippen LogP contribution in [0.3, 0.4) is 0 Å². The second-order valence-corrected chi connectivity index (χ2v) is 6.51. The molecule has 0 amide bonds. The molecule has 0 bridgehead atoms. The molecule has 1 aromatic heterocycles. The van der Waals surface area contributed by atoms with Gasteiger partial charge in [0.25, 0.3) is 0 Å². The minimum absolute atomic E-state index is 0.982. The van der Waals surface area contributed by atoms with Crippen LogP contribution >= 0.6 is 0 Å². The predicted octanol–water partition coefficient (Wildman–Crippen LogP) is 7.24. The highest BCUT2D eigenvalue weighted by atomic mass is 15.2. The van der Waals surface area contributed by atoms with Gasteiger partial charge in [0.15, 0.2) is 0 Å². The normalized spacial score (nSPS) is 13.2. The number of fused-ring (bicyclic) bond motifs is 1. The van der Waals surface area contributed by atoms with Crippen molar-refractivity contribution in [3.05, 3.63) is 23.2 Å². The maximum absolute atomic E-state index is 4.82. The third-order valence-electron chi connectivity index (χ3n) is 3.78. The van der Waals surface area contributed by atoms with Crippen LogP contribution in [0, 0.1) is 0 Å². The van der Waals surface area contributed by atoms with Gasteiger partial charge in [0, 0.05) is 31.5 Å². The first-order chi connectivity index (χ1) is 13.7. The van der Waals surface area contributed by atoms with Crippen LogP contribution < -0.4 is 4.90 Å². The van der Waals surface area contributed by atoms with Crippen molar-refractivity contribution in [2.45, 2.75) is 107 Å². The van der Waals surface area contributed by atoms with Gasteiger partial charge in [-0.05, 0) is 25.7 Å². The number of anilines is 1. The fourth-order valence-corrected chi connectivity index (χ4v) is 2.85. The average Bonchev–Trinajstić information content (AvgIpc) is 3.21. The van der Waals surface area contributed by atoms with Crippen LogP contribution in [-0.4, -0.2) is 30.3 Å². The van der Waals surface area contributed by atoms with Gasteiger partial charge in [0.1, 0.15) is 18.9 Å². The Balaban J connectivity index is 0. The summed E-state index contributed by atoms with van der Waals surface area (Å²) < 4.78 is 0. The fraction of sp³-hybridized carbons (Fsp3) is 0.750. The van der Waals surface area contributed by atoms with Crippen molar-refractivity contribution >= 4 is 19.2 Å². The Labute approximate surface area is 177 Å². The molecule has 1 aliphatic carbocycles. The molecule has 161 valence electrons. The summed E-state index contributed by atoms with van der Waals surface area (Å²) in [5.41, 5.74) is 2.51. The van der Waals surface area contributed by atoms with Crippen LogP contribution in [-0.2, 0) is 12.8 Å². The summed E-state index contributed by atoms with van der Waals surface area (Å²) in [5.74, 6) is 2.22. The van der Waals surface area contributed by atoms with Crippen molar-refractivity contribution in [2.75, 3.05) is 18.0 Å². The van der Waals surface area contributed by atoms with Crippen LogP contribution in [0.25, 0.3) is 6.08 Å². The molecular weight excluding hydrogens is 341 g/mol. The fourth-order valence-electron chi connectivity index (χ4n) is 2.85. The first-order valence-corrected chi connectivity index (χ1v) is 11.8. The first-order valence-electron chi connectivity index (χ1n) is 11.8. The Morgan fingerprint density at radius 3 is 1.96 bits per heavy atom. The van der Waals surface area contributed by atoms with Crippen LogP contribution in [0.1, 0.15) is 97.7 Å². The minimum atomic E-state index is 0.982. The zero-order valence-electron chi connectivity index (χ0n) is 20.4. The van der Waals surface area contributed by atoms with Crippen molar-refractivity contribution in [1.82, 2.24) is 9.97 Å². The molecular formula is C24H47BN3. The summed E-state index contributed by atoms with van der Waals surface area (Å²) in [5, 5.41) is 0. The Hall–Kier alpha value is -1.32. The molecule has 3 nitrogen and oxygen atoms in total. The molecule has 3 rings (SSSR count). The van der Waals surface area contributed by atoms with E-state index in [0.29, 0.717) is 0 Å². The van der Waals surface area contributed by atoms with E-state index in [9.17, 15) is 0 Å². The van der Waals surface area contributed by atoms with E-state index in [-0.39, 0.29) is 0 Å². The molecule has 1 saturated heterocycles. The van der Waals surface area contributed by atoms with Crippen molar-refractivity contribution in [2.24, 2.45) is 0 Å². The number of rotatable bonds is 3. The van der Waals surface area contributed by atoms with E-state index in [1.54, 1.807) is 0 Å². The van der Waals surface area contributed by atoms with Gasteiger partial charge in [-0.3, -0.25) is 0 Å². The standard InChI is InChI=1S/C15H21N3.C3H8.C2H6B.2C2H6/c1-2-7-14-16-13-9-6-8-12(13)15(17-14)18-10-4-3-5-11-18;2*1-3-2;2*1-2/h6,8H,2-5,7,9-11H2,1H3;3H2,1-2H3;1-2H3;2*1-2H3. The smallest absolute Gasteiger partial charge is 0.139 e. The monoisotopic (exact) mass is 388 g/mol. The molecule has 0 aromatic carbocycles. The van der Waals surface area contributed by atoms with Gasteiger partial charge >= 0.3 is 0 Å². The topological polar surface area (TPSA) is 29.0 Å². The van der Waals surface area contributed by atoms with E-state index >= 15 is 0 Å². The number of hydrogen-bond donors (Lipinski definition) is 0. The van der Waals surface area contributed by atoms with E-state index in [0.717, 1.165) is 38.2 Å². The average molecular weight is 388 g/mol. The number of hydrogen-bond acceptors (Lipinski definition) is 3. The summed E-state index contributed by atoms with van der Waals surface area (Å²) in [6.45, 7) is 20.8. The van der Waals surface area contributed by atoms with Crippen LogP contribution in [0.15, 0.2) is 6.08 Å². The van der Waals surface area contributed by atoms with E-state index in [1.165, 1.54) is 42.8 Å². The molecule has 2 aliphatic rings. The van der Waals surface area contributed by atoms with E-state index < -0.39 is 0 Å². The Bertz CT molecular complexity index is 493. The Kier molecular flexibility index (Phi) is 21.1. The Morgan fingerprint density at radius 1 is 0.929 bits per heavy atom. The number of aromatic nitrogens is 2. The Morgan fingerprint density at radius 2 is 1.46 bits per heavy atom. The molecule has 0 spiro atoms. The lowest BCUT2D eigenvalue weighted by molar-refractivity contribution is 0.571. The molecule has 0 saturated carbocycles. The molecule has 1 radical (unpaired) electrons. The number of allylic oxidation sites excluding steroid dienone is 1. The molecule has 2 heterocycles. The number of aryl methyl sites for hydroxylation is 1. The summed E-state index contributed by atoms with van der Waals surface area (Å²) in [7, 11) is 2.00. The highest BCUT2D eigenvalue weighted by molar-refractivity contribution is 6.31. The van der Waals surface area contributed by atoms with E-state index in [1.807, 2.05) is 48.6 Å². The van der Waals surface area contributed by atoms with Crippen molar-refractivity contribution in [1.29, 1.82) is 0 Å². The van der Waals surface area contributed by atoms with Gasteiger partial charge in [0.05, 0.1) is 5.69 Å². The third kappa shape index (κ3) is 10.9. The second kappa shape index (κ2) is 20.4. The molecule has 0 unspecified atom stereocenters. The molecule has 1 aromatic rings. The van der Waals surface area contributed by atoms with Gasteiger partial charge in [0.2, 0.25) is 0 Å². The summed E-state index contributed by atoms with van der Waals surface area (Å²) in [4.78, 5) is 12.0. The van der Waals surface area contributed by atoms with Gasteiger partial charge in [-0.25, -0.2) is 9.97 Å². The highest BCUT2D eigenvalue weighted by Gasteiger charge is 2.21. The second-order valence-electron chi connectivity index (χ2n) is 6.51. The van der Waals surface area contributed by atoms with Crippen LogP contribution in [0.2, 0.25) is 13.6 Å². The van der Waals surface area contributed by atoms with E-state index in [2.05, 4.69) is 37.8 Å². The molecule has 0 atom stereocenters. The van der Waals surface area contributed by atoms with Crippen molar-refractivity contribution in [3.63, 3.8) is 0 Å². The maximum atomic E-state index is 4.82. The molecule has 28 heavy (non-hydrogen) atoms. The van der Waals surface area contributed by atoms with Gasteiger partial charge in [-0.1, -0.05) is 80.7 Å². The van der Waals surface area contributed by atoms with Crippen molar-refractivity contribution < 1.29 is 0 Å². The van der Waals surface area contributed by atoms with Crippen LogP contribution in [0.5, 0.6) is 0 Å². The summed E-state index contributed by atoms with van der Waals surface area (Å²) in [6.07, 6.45) is 12.7. The van der Waals surface area contributed by atoms with Gasteiger partial charge in [-0.2, -0.15) is 0 Å². The highest BCUT2D eigenvalue weighted by Crippen LogP contribution is 2.29. The number of piperidine rings is 1. The predicted molar refractivity (Wildman–Crippen MR) is 131 cm³/mol. The third-order valence-corrected chi connectivity index (χ3v) is 3.78. The van der Waals surface area contributed by atoms with Crippen molar-refractivity contribution in [3.8, 4) is 0 Å². The first kappa shape index (κ1) is 28.9. The molecule has 1 aliphatic heterocycles.